The molecule has 0 aliphatic rings. The van der Waals surface area contributed by atoms with Crippen molar-refractivity contribution in [2.75, 3.05) is 13.7 Å². The molecule has 142 valence electrons. The number of hydrogen-bond acceptors (Lipinski definition) is 5. The second kappa shape index (κ2) is 6.73. The van der Waals surface area contributed by atoms with Crippen LogP contribution in [0.25, 0.3) is 16.6 Å². The number of ether oxygens (including phenoxy) is 2. The molecule has 0 radical (unpaired) electrons. The van der Waals surface area contributed by atoms with E-state index in [1.807, 2.05) is 0 Å². The molecule has 4 aromatic rings. The number of benzene rings is 2. The second-order valence-corrected chi connectivity index (χ2v) is 6.03. The third-order valence-corrected chi connectivity index (χ3v) is 4.43. The maximum atomic E-state index is 13.2. The van der Waals surface area contributed by atoms with Gasteiger partial charge in [-0.15, -0.1) is 0 Å². The Morgan fingerprint density at radius 2 is 1.68 bits per heavy atom. The number of methoxy groups -OCH3 is 1. The van der Waals surface area contributed by atoms with Crippen LogP contribution >= 0.6 is 0 Å². The van der Waals surface area contributed by atoms with E-state index in [2.05, 4.69) is 0 Å². The number of hydrogen-bond donors (Lipinski definition) is 0. The van der Waals surface area contributed by atoms with E-state index in [-0.39, 0.29) is 12.3 Å². The molecule has 2 heterocycles. The summed E-state index contributed by atoms with van der Waals surface area (Å²) in [5.41, 5.74) is -0.454. The Hall–Kier alpha value is -3.81. The minimum atomic E-state index is -0.690. The van der Waals surface area contributed by atoms with Crippen LogP contribution in [0.4, 0.5) is 0 Å². The molecule has 0 aliphatic heterocycles. The van der Waals surface area contributed by atoms with Crippen molar-refractivity contribution in [1.82, 2.24) is 13.6 Å². The Bertz CT molecular complexity index is 1320. The topological polar surface area (TPSA) is 83.4 Å². The summed E-state index contributed by atoms with van der Waals surface area (Å²) in [5, 5.41) is 0.594. The zero-order valence-electron chi connectivity index (χ0n) is 15.3. The highest BCUT2D eigenvalue weighted by molar-refractivity contribution is 5.92. The van der Waals surface area contributed by atoms with Gasteiger partial charge in [-0.2, -0.15) is 9.03 Å². The molecule has 8 nitrogen and oxygen atoms in total. The lowest BCUT2D eigenvalue weighted by molar-refractivity contribution is 0.0514. The highest BCUT2D eigenvalue weighted by Crippen LogP contribution is 2.21. The van der Waals surface area contributed by atoms with Gasteiger partial charge in [0.15, 0.2) is 5.69 Å². The molecule has 28 heavy (non-hydrogen) atoms. The van der Waals surface area contributed by atoms with E-state index in [0.717, 1.165) is 9.08 Å². The van der Waals surface area contributed by atoms with Crippen LogP contribution < -0.4 is 16.1 Å². The van der Waals surface area contributed by atoms with Gasteiger partial charge in [0.2, 0.25) is 0 Å². The fraction of sp³-hybridized carbons (Fsp3) is 0.150. The summed E-state index contributed by atoms with van der Waals surface area (Å²) < 4.78 is 13.6. The molecule has 0 fully saturated rings. The SMILES string of the molecule is CCOC(=O)c1cc2ccc(OC)cc2n2c(=O)n(-c3ccccc3)c(=O)n12. The molecule has 2 aromatic heterocycles. The van der Waals surface area contributed by atoms with Crippen molar-refractivity contribution < 1.29 is 14.3 Å². The van der Waals surface area contributed by atoms with Crippen molar-refractivity contribution in [2.24, 2.45) is 0 Å². The summed E-state index contributed by atoms with van der Waals surface area (Å²) in [7, 11) is 1.51. The predicted molar refractivity (Wildman–Crippen MR) is 103 cm³/mol. The summed E-state index contributed by atoms with van der Waals surface area (Å²) >= 11 is 0. The lowest BCUT2D eigenvalue weighted by Crippen LogP contribution is -2.26. The van der Waals surface area contributed by atoms with Crippen molar-refractivity contribution in [1.29, 1.82) is 0 Å². The number of carbonyl (C=O) groups is 1. The van der Waals surface area contributed by atoms with Gasteiger partial charge in [-0.3, -0.25) is 0 Å². The maximum absolute atomic E-state index is 13.2. The highest BCUT2D eigenvalue weighted by atomic mass is 16.5. The van der Waals surface area contributed by atoms with E-state index >= 15 is 0 Å². The summed E-state index contributed by atoms with van der Waals surface area (Å²) in [5.74, 6) is -0.171. The van der Waals surface area contributed by atoms with Gasteiger partial charge in [0, 0.05) is 11.5 Å². The molecule has 8 heteroatoms. The average molecular weight is 379 g/mol. The fourth-order valence-corrected chi connectivity index (χ4v) is 3.18. The number of carbonyl (C=O) groups excluding carboxylic acids is 1. The monoisotopic (exact) mass is 379 g/mol. The first-order chi connectivity index (χ1) is 13.6. The fourth-order valence-electron chi connectivity index (χ4n) is 3.18. The molecule has 0 aliphatic carbocycles. The molecule has 0 saturated heterocycles. The van der Waals surface area contributed by atoms with E-state index < -0.39 is 17.3 Å². The number of esters is 1. The van der Waals surface area contributed by atoms with Crippen LogP contribution in [0.5, 0.6) is 5.75 Å². The van der Waals surface area contributed by atoms with Gasteiger partial charge in [0.05, 0.1) is 24.9 Å². The van der Waals surface area contributed by atoms with E-state index in [9.17, 15) is 14.4 Å². The van der Waals surface area contributed by atoms with Gasteiger partial charge in [-0.05, 0) is 37.3 Å². The van der Waals surface area contributed by atoms with Gasteiger partial charge in [-0.1, -0.05) is 18.2 Å². The van der Waals surface area contributed by atoms with Gasteiger partial charge in [0.25, 0.3) is 0 Å². The number of rotatable bonds is 4. The van der Waals surface area contributed by atoms with E-state index in [4.69, 9.17) is 9.47 Å². The zero-order valence-corrected chi connectivity index (χ0v) is 15.3. The first kappa shape index (κ1) is 17.6. The molecule has 0 N–H and O–H groups in total. The number of fused-ring (bicyclic) bond motifs is 3. The minimum Gasteiger partial charge on any atom is -0.497 e. The van der Waals surface area contributed by atoms with Crippen molar-refractivity contribution in [3.63, 3.8) is 0 Å². The van der Waals surface area contributed by atoms with Crippen molar-refractivity contribution in [3.8, 4) is 11.4 Å². The van der Waals surface area contributed by atoms with Gasteiger partial charge in [-0.25, -0.2) is 19.0 Å². The predicted octanol–water partition coefficient (Wildman–Crippen LogP) is 1.89. The molecule has 2 aromatic carbocycles. The largest absolute Gasteiger partial charge is 0.497 e. The lowest BCUT2D eigenvalue weighted by Gasteiger charge is -2.09. The molecule has 0 unspecified atom stereocenters. The lowest BCUT2D eigenvalue weighted by atomic mass is 10.2. The Morgan fingerprint density at radius 3 is 2.36 bits per heavy atom. The van der Waals surface area contributed by atoms with E-state index in [0.29, 0.717) is 22.3 Å². The maximum Gasteiger partial charge on any atom is 0.357 e. The van der Waals surface area contributed by atoms with E-state index in [1.165, 1.54) is 17.7 Å². The normalized spacial score (nSPS) is 11.1. The van der Waals surface area contributed by atoms with Crippen LogP contribution in [0.1, 0.15) is 17.4 Å². The highest BCUT2D eigenvalue weighted by Gasteiger charge is 2.22. The zero-order chi connectivity index (χ0) is 19.8. The van der Waals surface area contributed by atoms with E-state index in [1.54, 1.807) is 55.5 Å². The first-order valence-corrected chi connectivity index (χ1v) is 8.67. The third kappa shape index (κ3) is 2.58. The Balaban J connectivity index is 2.21. The Morgan fingerprint density at radius 1 is 0.964 bits per heavy atom. The van der Waals surface area contributed by atoms with Crippen LogP contribution in [0.3, 0.4) is 0 Å². The second-order valence-electron chi connectivity index (χ2n) is 6.03. The van der Waals surface area contributed by atoms with Crippen molar-refractivity contribution in [3.05, 3.63) is 81.3 Å². The summed E-state index contributed by atoms with van der Waals surface area (Å²) in [6.07, 6.45) is 0. The third-order valence-electron chi connectivity index (χ3n) is 4.43. The van der Waals surface area contributed by atoms with Crippen molar-refractivity contribution in [2.45, 2.75) is 6.92 Å². The van der Waals surface area contributed by atoms with Gasteiger partial charge >= 0.3 is 17.3 Å². The molecule has 0 saturated carbocycles. The number of nitrogens with zero attached hydrogens (tertiary/aromatic N) is 3. The Kier molecular flexibility index (Phi) is 4.23. The van der Waals surface area contributed by atoms with Crippen LogP contribution in [-0.2, 0) is 4.74 Å². The number of para-hydroxylation sites is 1. The molecule has 0 atom stereocenters. The molecule has 0 amide bonds. The van der Waals surface area contributed by atoms with Gasteiger partial charge in [0.1, 0.15) is 5.75 Å². The summed E-state index contributed by atoms with van der Waals surface area (Å²) in [6, 6.07) is 15.1. The Labute approximate surface area is 158 Å². The summed E-state index contributed by atoms with van der Waals surface area (Å²) in [4.78, 5) is 38.9. The van der Waals surface area contributed by atoms with Crippen LogP contribution in [0, 0.1) is 0 Å². The molecular weight excluding hydrogens is 362 g/mol. The standard InChI is InChI=1S/C20H17N3O5/c1-3-28-18(24)17-11-13-9-10-15(27-2)12-16(13)22-19(25)21(20(26)23(17)22)14-7-5-4-6-8-14/h4-12H,3H2,1-2H3. The molecular formula is C20H17N3O5. The molecule has 0 bridgehead atoms. The quantitative estimate of drug-likeness (QED) is 0.506. The van der Waals surface area contributed by atoms with Crippen LogP contribution in [0.15, 0.2) is 64.2 Å². The van der Waals surface area contributed by atoms with Crippen LogP contribution in [0.2, 0.25) is 0 Å². The first-order valence-electron chi connectivity index (χ1n) is 8.67. The van der Waals surface area contributed by atoms with Crippen molar-refractivity contribution >= 4 is 16.9 Å². The van der Waals surface area contributed by atoms with Gasteiger partial charge < -0.3 is 9.47 Å². The molecule has 4 rings (SSSR count). The average Bonchev–Trinajstić information content (AvgIpc) is 2.98. The number of aromatic nitrogens is 3. The minimum absolute atomic E-state index is 0.0312. The summed E-state index contributed by atoms with van der Waals surface area (Å²) in [6.45, 7) is 1.81. The smallest absolute Gasteiger partial charge is 0.357 e. The molecule has 0 spiro atoms. The van der Waals surface area contributed by atoms with Crippen LogP contribution in [-0.4, -0.2) is 33.3 Å².